The van der Waals surface area contributed by atoms with Gasteiger partial charge in [0.2, 0.25) is 0 Å². The van der Waals surface area contributed by atoms with Gasteiger partial charge in [0, 0.05) is 22.3 Å². The molecule has 0 saturated carbocycles. The summed E-state index contributed by atoms with van der Waals surface area (Å²) in [6.07, 6.45) is 2.02. The molecule has 6 heteroatoms. The smallest absolute Gasteiger partial charge is 0.340 e. The van der Waals surface area contributed by atoms with E-state index in [4.69, 9.17) is 11.6 Å². The molecule has 0 unspecified atom stereocenters. The van der Waals surface area contributed by atoms with Crippen molar-refractivity contribution in [3.63, 3.8) is 0 Å². The Bertz CT molecular complexity index is 647. The Hall–Kier alpha value is -2.01. The number of benzene rings is 1. The van der Waals surface area contributed by atoms with Gasteiger partial charge < -0.3 is 4.74 Å². The molecule has 3 nitrogen and oxygen atoms in total. The number of methoxy groups -OCH3 is 1. The highest BCUT2D eigenvalue weighted by atomic mass is 35.5. The molecule has 0 radical (unpaired) electrons. The van der Waals surface area contributed by atoms with Crippen molar-refractivity contribution < 1.29 is 18.3 Å². The van der Waals surface area contributed by atoms with Crippen LogP contribution in [0.3, 0.4) is 0 Å². The number of ether oxygens (including phenoxy) is 1. The summed E-state index contributed by atoms with van der Waals surface area (Å²) in [6, 6.07) is 3.74. The minimum absolute atomic E-state index is 0.0790. The van der Waals surface area contributed by atoms with Crippen LogP contribution in [0.25, 0.3) is 11.1 Å². The molecule has 0 N–H and O–H groups in total. The van der Waals surface area contributed by atoms with E-state index in [9.17, 15) is 13.6 Å². The highest BCUT2D eigenvalue weighted by Gasteiger charge is 2.20. The molecule has 0 aliphatic carbocycles. The van der Waals surface area contributed by atoms with E-state index in [0.29, 0.717) is 0 Å². The summed E-state index contributed by atoms with van der Waals surface area (Å²) in [6.45, 7) is 0. The van der Waals surface area contributed by atoms with Crippen molar-refractivity contribution in [2.24, 2.45) is 0 Å². The van der Waals surface area contributed by atoms with Crippen molar-refractivity contribution in [1.82, 2.24) is 4.98 Å². The molecule has 0 spiro atoms. The topological polar surface area (TPSA) is 39.2 Å². The van der Waals surface area contributed by atoms with Crippen LogP contribution in [0.5, 0.6) is 0 Å². The van der Waals surface area contributed by atoms with Gasteiger partial charge in [0.05, 0.1) is 18.9 Å². The van der Waals surface area contributed by atoms with Gasteiger partial charge in [-0.3, -0.25) is 4.98 Å². The molecule has 0 aliphatic heterocycles. The van der Waals surface area contributed by atoms with Crippen LogP contribution >= 0.6 is 11.6 Å². The fourth-order valence-corrected chi connectivity index (χ4v) is 1.82. The van der Waals surface area contributed by atoms with Gasteiger partial charge in [0.1, 0.15) is 11.6 Å². The Balaban J connectivity index is 2.70. The van der Waals surface area contributed by atoms with Crippen molar-refractivity contribution in [1.29, 1.82) is 0 Å². The van der Waals surface area contributed by atoms with Gasteiger partial charge in [-0.25, -0.2) is 13.6 Å². The van der Waals surface area contributed by atoms with E-state index in [0.717, 1.165) is 25.6 Å². The number of carbonyl (C=O) groups excluding carboxylic acids is 1. The average molecular weight is 284 g/mol. The first-order valence-corrected chi connectivity index (χ1v) is 5.59. The molecule has 0 aliphatic rings. The van der Waals surface area contributed by atoms with Crippen molar-refractivity contribution in [2.75, 3.05) is 7.11 Å². The lowest BCUT2D eigenvalue weighted by atomic mass is 10.0. The Labute approximate surface area is 112 Å². The maximum Gasteiger partial charge on any atom is 0.340 e. The normalized spacial score (nSPS) is 10.3. The number of aromatic nitrogens is 1. The number of nitrogens with zero attached hydrogens (tertiary/aromatic N) is 1. The molecule has 0 atom stereocenters. The molecule has 2 aromatic rings. The second-order valence-electron chi connectivity index (χ2n) is 3.66. The van der Waals surface area contributed by atoms with Gasteiger partial charge in [-0.2, -0.15) is 0 Å². The Morgan fingerprint density at radius 2 is 2.00 bits per heavy atom. The van der Waals surface area contributed by atoms with Gasteiger partial charge in [0.15, 0.2) is 0 Å². The lowest BCUT2D eigenvalue weighted by Gasteiger charge is -2.09. The summed E-state index contributed by atoms with van der Waals surface area (Å²) in [5, 5.41) is 0.176. The summed E-state index contributed by atoms with van der Waals surface area (Å²) < 4.78 is 32.2. The van der Waals surface area contributed by atoms with Crippen LogP contribution < -0.4 is 0 Å². The quantitative estimate of drug-likeness (QED) is 0.792. The minimum atomic E-state index is -0.816. The number of pyridine rings is 1. The van der Waals surface area contributed by atoms with E-state index < -0.39 is 17.6 Å². The highest BCUT2D eigenvalue weighted by molar-refractivity contribution is 6.30. The number of hydrogen-bond donors (Lipinski definition) is 0. The van der Waals surface area contributed by atoms with Gasteiger partial charge in [-0.05, 0) is 18.2 Å². The Kier molecular flexibility index (Phi) is 3.76. The molecule has 19 heavy (non-hydrogen) atoms. The predicted molar refractivity (Wildman–Crippen MR) is 65.9 cm³/mol. The van der Waals surface area contributed by atoms with E-state index >= 15 is 0 Å². The van der Waals surface area contributed by atoms with Crippen molar-refractivity contribution in [3.8, 4) is 11.1 Å². The molecule has 0 amide bonds. The first-order chi connectivity index (χ1) is 9.04. The fraction of sp³-hybridized carbons (Fsp3) is 0.0769. The van der Waals surface area contributed by atoms with Crippen LogP contribution in [0.4, 0.5) is 8.78 Å². The number of halogens is 3. The highest BCUT2D eigenvalue weighted by Crippen LogP contribution is 2.30. The molecule has 98 valence electrons. The summed E-state index contributed by atoms with van der Waals surface area (Å²) in [5.74, 6) is -2.34. The molecule has 2 rings (SSSR count). The SMILES string of the molecule is COC(=O)c1cncc(F)c1-c1ccc(Cl)cc1F. The second-order valence-corrected chi connectivity index (χ2v) is 4.10. The first kappa shape index (κ1) is 13.4. The zero-order chi connectivity index (χ0) is 14.0. The lowest BCUT2D eigenvalue weighted by molar-refractivity contribution is 0.0600. The van der Waals surface area contributed by atoms with Crippen molar-refractivity contribution in [2.45, 2.75) is 0 Å². The molecule has 0 bridgehead atoms. The Morgan fingerprint density at radius 3 is 2.63 bits per heavy atom. The minimum Gasteiger partial charge on any atom is -0.465 e. The third-order valence-electron chi connectivity index (χ3n) is 2.51. The molecule has 0 saturated heterocycles. The molecular formula is C13H8ClF2NO2. The van der Waals surface area contributed by atoms with Gasteiger partial charge in [-0.15, -0.1) is 0 Å². The van der Waals surface area contributed by atoms with Crippen LogP contribution in [-0.2, 0) is 4.74 Å². The molecule has 1 aromatic carbocycles. The van der Waals surface area contributed by atoms with Gasteiger partial charge in [0.25, 0.3) is 0 Å². The molecule has 1 aromatic heterocycles. The summed E-state index contributed by atoms with van der Waals surface area (Å²) in [4.78, 5) is 15.1. The zero-order valence-electron chi connectivity index (χ0n) is 9.78. The Morgan fingerprint density at radius 1 is 1.26 bits per heavy atom. The monoisotopic (exact) mass is 283 g/mol. The van der Waals surface area contributed by atoms with Crippen LogP contribution in [0, 0.1) is 11.6 Å². The van der Waals surface area contributed by atoms with E-state index in [1.807, 2.05) is 0 Å². The summed E-state index contributed by atoms with van der Waals surface area (Å²) in [7, 11) is 1.15. The van der Waals surface area contributed by atoms with Crippen LogP contribution in [0.2, 0.25) is 5.02 Å². The molecule has 1 heterocycles. The second kappa shape index (κ2) is 5.32. The van der Waals surface area contributed by atoms with E-state index in [-0.39, 0.29) is 21.7 Å². The first-order valence-electron chi connectivity index (χ1n) is 5.22. The standard InChI is InChI=1S/C13H8ClF2NO2/c1-19-13(18)9-5-17-6-11(16)12(9)8-3-2-7(14)4-10(8)15/h2-6H,1H3. The fourth-order valence-electron chi connectivity index (χ4n) is 1.67. The van der Waals surface area contributed by atoms with Crippen LogP contribution in [0.1, 0.15) is 10.4 Å². The van der Waals surface area contributed by atoms with E-state index in [2.05, 4.69) is 9.72 Å². The maximum absolute atomic E-state index is 13.8. The third-order valence-corrected chi connectivity index (χ3v) is 2.74. The summed E-state index contributed by atoms with van der Waals surface area (Å²) >= 11 is 5.64. The zero-order valence-corrected chi connectivity index (χ0v) is 10.5. The largest absolute Gasteiger partial charge is 0.465 e. The number of rotatable bonds is 2. The van der Waals surface area contributed by atoms with Gasteiger partial charge >= 0.3 is 5.97 Å². The maximum atomic E-state index is 13.8. The third kappa shape index (κ3) is 2.56. The molecular weight excluding hydrogens is 276 g/mol. The molecule has 0 fully saturated rings. The average Bonchev–Trinajstić information content (AvgIpc) is 2.38. The van der Waals surface area contributed by atoms with Crippen LogP contribution in [-0.4, -0.2) is 18.1 Å². The predicted octanol–water partition coefficient (Wildman–Crippen LogP) is 3.47. The van der Waals surface area contributed by atoms with Crippen molar-refractivity contribution >= 4 is 17.6 Å². The van der Waals surface area contributed by atoms with E-state index in [1.165, 1.54) is 12.1 Å². The lowest BCUT2D eigenvalue weighted by Crippen LogP contribution is -2.06. The number of esters is 1. The summed E-state index contributed by atoms with van der Waals surface area (Å²) in [5.41, 5.74) is -0.426. The van der Waals surface area contributed by atoms with Gasteiger partial charge in [-0.1, -0.05) is 11.6 Å². The number of carbonyl (C=O) groups is 1. The number of hydrogen-bond acceptors (Lipinski definition) is 3. The van der Waals surface area contributed by atoms with Crippen molar-refractivity contribution in [3.05, 3.63) is 52.8 Å². The van der Waals surface area contributed by atoms with Crippen LogP contribution in [0.15, 0.2) is 30.6 Å². The van der Waals surface area contributed by atoms with E-state index in [1.54, 1.807) is 0 Å².